The Hall–Kier alpha value is -2.30. The largest absolute Gasteiger partial charge is 0.497 e. The van der Waals surface area contributed by atoms with Crippen molar-refractivity contribution in [2.24, 2.45) is 0 Å². The van der Waals surface area contributed by atoms with Gasteiger partial charge in [0.25, 0.3) is 0 Å². The number of rotatable bonds is 5. The summed E-state index contributed by atoms with van der Waals surface area (Å²) in [6, 6.07) is 7.36. The molecule has 1 heterocycles. The van der Waals surface area contributed by atoms with Gasteiger partial charge in [-0.2, -0.15) is 0 Å². The van der Waals surface area contributed by atoms with E-state index < -0.39 is 0 Å². The van der Waals surface area contributed by atoms with Crippen molar-refractivity contribution in [1.82, 2.24) is 14.9 Å². The van der Waals surface area contributed by atoms with Crippen molar-refractivity contribution in [3.63, 3.8) is 0 Å². The highest BCUT2D eigenvalue weighted by Crippen LogP contribution is 2.12. The number of nitrogens with zero attached hydrogens (tertiary/aromatic N) is 2. The molecule has 0 aliphatic carbocycles. The van der Waals surface area contributed by atoms with Crippen molar-refractivity contribution < 1.29 is 9.53 Å². The zero-order valence-electron chi connectivity index (χ0n) is 11.0. The Balaban J connectivity index is 1.93. The molecule has 0 aliphatic rings. The Labute approximate surface area is 112 Å². The lowest BCUT2D eigenvalue weighted by Gasteiger charge is -2.13. The van der Waals surface area contributed by atoms with Crippen molar-refractivity contribution in [3.05, 3.63) is 48.5 Å². The maximum Gasteiger partial charge on any atom is 0.243 e. The molecule has 1 atom stereocenters. The summed E-state index contributed by atoms with van der Waals surface area (Å²) < 4.78 is 6.91. The summed E-state index contributed by atoms with van der Waals surface area (Å²) in [5.41, 5.74) is 1.01. The van der Waals surface area contributed by atoms with Crippen molar-refractivity contribution in [2.45, 2.75) is 19.5 Å². The van der Waals surface area contributed by atoms with Crippen LogP contribution < -0.4 is 10.1 Å². The summed E-state index contributed by atoms with van der Waals surface area (Å²) in [5.74, 6) is 0.746. The minimum atomic E-state index is -0.270. The van der Waals surface area contributed by atoms with E-state index in [0.29, 0.717) is 6.54 Å². The van der Waals surface area contributed by atoms with E-state index in [2.05, 4.69) is 10.3 Å². The first-order valence-electron chi connectivity index (χ1n) is 6.09. The van der Waals surface area contributed by atoms with Crippen LogP contribution in [0.5, 0.6) is 5.75 Å². The predicted molar refractivity (Wildman–Crippen MR) is 71.8 cm³/mol. The van der Waals surface area contributed by atoms with Crippen molar-refractivity contribution >= 4 is 5.91 Å². The number of hydrogen-bond acceptors (Lipinski definition) is 3. The second-order valence-electron chi connectivity index (χ2n) is 4.26. The highest BCUT2D eigenvalue weighted by atomic mass is 16.5. The van der Waals surface area contributed by atoms with Crippen molar-refractivity contribution in [2.75, 3.05) is 7.11 Å². The van der Waals surface area contributed by atoms with Gasteiger partial charge in [-0.25, -0.2) is 4.98 Å². The third kappa shape index (κ3) is 3.34. The number of carbonyl (C=O) groups is 1. The molecule has 0 saturated heterocycles. The van der Waals surface area contributed by atoms with E-state index in [-0.39, 0.29) is 11.9 Å². The van der Waals surface area contributed by atoms with Crippen molar-refractivity contribution in [3.8, 4) is 5.75 Å². The van der Waals surface area contributed by atoms with E-state index in [4.69, 9.17) is 4.74 Å². The van der Waals surface area contributed by atoms with Crippen LogP contribution in [0.25, 0.3) is 0 Å². The molecule has 0 spiro atoms. The molecule has 5 nitrogen and oxygen atoms in total. The lowest BCUT2D eigenvalue weighted by molar-refractivity contribution is -0.124. The maximum atomic E-state index is 12.0. The van der Waals surface area contributed by atoms with Gasteiger partial charge in [0.15, 0.2) is 0 Å². The molecule has 0 radical (unpaired) electrons. The molecule has 0 saturated carbocycles. The highest BCUT2D eigenvalue weighted by Gasteiger charge is 2.13. The van der Waals surface area contributed by atoms with Gasteiger partial charge >= 0.3 is 0 Å². The van der Waals surface area contributed by atoms with Gasteiger partial charge in [0.2, 0.25) is 5.91 Å². The van der Waals surface area contributed by atoms with Gasteiger partial charge in [-0.05, 0) is 24.6 Å². The van der Waals surface area contributed by atoms with Gasteiger partial charge in [0.1, 0.15) is 11.8 Å². The van der Waals surface area contributed by atoms with Gasteiger partial charge in [0.05, 0.1) is 13.4 Å². The average molecular weight is 259 g/mol. The molecule has 1 amide bonds. The summed E-state index contributed by atoms with van der Waals surface area (Å²) in [6.07, 6.45) is 5.07. The first-order valence-corrected chi connectivity index (χ1v) is 6.09. The van der Waals surface area contributed by atoms with E-state index in [1.807, 2.05) is 31.2 Å². The standard InChI is InChI=1S/C14H17N3O2/c1-11(17-7-6-15-10-17)14(18)16-9-12-4-3-5-13(8-12)19-2/h3-8,10-11H,9H2,1-2H3,(H,16,18). The molecule has 19 heavy (non-hydrogen) atoms. The smallest absolute Gasteiger partial charge is 0.243 e. The Morgan fingerprint density at radius 3 is 3.05 bits per heavy atom. The molecule has 0 fully saturated rings. The van der Waals surface area contributed by atoms with Crippen LogP contribution in [0.4, 0.5) is 0 Å². The fourth-order valence-corrected chi connectivity index (χ4v) is 1.75. The Bertz CT molecular complexity index is 537. The number of ether oxygens (including phenoxy) is 1. The lowest BCUT2D eigenvalue weighted by atomic mass is 10.2. The first kappa shape index (κ1) is 13.1. The van der Waals surface area contributed by atoms with Crippen LogP contribution in [0.1, 0.15) is 18.5 Å². The first-order chi connectivity index (χ1) is 9.20. The van der Waals surface area contributed by atoms with Gasteiger partial charge in [-0.3, -0.25) is 4.79 Å². The number of carbonyl (C=O) groups excluding carboxylic acids is 1. The van der Waals surface area contributed by atoms with Crippen LogP contribution in [0, 0.1) is 0 Å². The lowest BCUT2D eigenvalue weighted by Crippen LogP contribution is -2.30. The number of aromatic nitrogens is 2. The van der Waals surface area contributed by atoms with Crippen LogP contribution in [-0.2, 0) is 11.3 Å². The third-order valence-electron chi connectivity index (χ3n) is 2.95. The normalized spacial score (nSPS) is 11.9. The second kappa shape index (κ2) is 6.04. The molecular weight excluding hydrogens is 242 g/mol. The van der Waals surface area contributed by atoms with Crippen molar-refractivity contribution in [1.29, 1.82) is 0 Å². The van der Waals surface area contributed by atoms with E-state index in [9.17, 15) is 4.79 Å². The molecule has 5 heteroatoms. The minimum Gasteiger partial charge on any atom is -0.497 e. The Morgan fingerprint density at radius 1 is 1.53 bits per heavy atom. The van der Waals surface area contributed by atoms with Gasteiger partial charge < -0.3 is 14.6 Å². The zero-order chi connectivity index (χ0) is 13.7. The van der Waals surface area contributed by atoms with Gasteiger partial charge in [-0.15, -0.1) is 0 Å². The summed E-state index contributed by atoms with van der Waals surface area (Å²) in [4.78, 5) is 15.9. The summed E-state index contributed by atoms with van der Waals surface area (Å²) >= 11 is 0. The van der Waals surface area contributed by atoms with E-state index in [1.54, 1.807) is 30.4 Å². The topological polar surface area (TPSA) is 56.1 Å². The molecule has 1 unspecified atom stereocenters. The molecule has 1 aromatic carbocycles. The number of imidazole rings is 1. The molecule has 0 bridgehead atoms. The van der Waals surface area contributed by atoms with Gasteiger partial charge in [0, 0.05) is 18.9 Å². The van der Waals surface area contributed by atoms with Crippen LogP contribution >= 0.6 is 0 Å². The third-order valence-corrected chi connectivity index (χ3v) is 2.95. The molecule has 100 valence electrons. The SMILES string of the molecule is COc1cccc(CNC(=O)C(C)n2ccnc2)c1. The monoisotopic (exact) mass is 259 g/mol. The number of nitrogens with one attached hydrogen (secondary N) is 1. The molecule has 1 N–H and O–H groups in total. The number of methoxy groups -OCH3 is 1. The molecular formula is C14H17N3O2. The summed E-state index contributed by atoms with van der Waals surface area (Å²) in [5, 5.41) is 2.90. The van der Waals surface area contributed by atoms with Crippen LogP contribution in [0.2, 0.25) is 0 Å². The highest BCUT2D eigenvalue weighted by molar-refractivity contribution is 5.79. The van der Waals surface area contributed by atoms with Crippen LogP contribution in [0.15, 0.2) is 43.0 Å². The zero-order valence-corrected chi connectivity index (χ0v) is 11.0. The van der Waals surface area contributed by atoms with E-state index in [1.165, 1.54) is 0 Å². The minimum absolute atomic E-state index is 0.0409. The van der Waals surface area contributed by atoms with Crippen LogP contribution in [-0.4, -0.2) is 22.6 Å². The number of amides is 1. The fourth-order valence-electron chi connectivity index (χ4n) is 1.75. The van der Waals surface area contributed by atoms with E-state index in [0.717, 1.165) is 11.3 Å². The van der Waals surface area contributed by atoms with Gasteiger partial charge in [-0.1, -0.05) is 12.1 Å². The quantitative estimate of drug-likeness (QED) is 0.890. The predicted octanol–water partition coefficient (Wildman–Crippen LogP) is 1.77. The molecule has 0 aliphatic heterocycles. The fraction of sp³-hybridized carbons (Fsp3) is 0.286. The molecule has 2 rings (SSSR count). The number of benzene rings is 1. The number of hydrogen-bond donors (Lipinski definition) is 1. The second-order valence-corrected chi connectivity index (χ2v) is 4.26. The van der Waals surface area contributed by atoms with Crippen LogP contribution in [0.3, 0.4) is 0 Å². The Kier molecular flexibility index (Phi) is 4.18. The Morgan fingerprint density at radius 2 is 2.37 bits per heavy atom. The van der Waals surface area contributed by atoms with E-state index >= 15 is 0 Å². The average Bonchev–Trinajstić information content (AvgIpc) is 2.98. The summed E-state index contributed by atoms with van der Waals surface area (Å²) in [7, 11) is 1.62. The maximum absolute atomic E-state index is 12.0. The summed E-state index contributed by atoms with van der Waals surface area (Å²) in [6.45, 7) is 2.32. The molecule has 2 aromatic rings. The molecule has 1 aromatic heterocycles.